The van der Waals surface area contributed by atoms with E-state index < -0.39 is 22.3 Å². The summed E-state index contributed by atoms with van der Waals surface area (Å²) in [6.07, 6.45) is 2.23. The van der Waals surface area contributed by atoms with Crippen molar-refractivity contribution in [1.29, 1.82) is 5.41 Å². The number of halogens is 3. The number of thioether (sulfide) groups is 1. The number of nitrogens with one attached hydrogen (secondary N) is 2. The normalized spacial score (nSPS) is 15.8. The van der Waals surface area contributed by atoms with E-state index in [0.29, 0.717) is 24.3 Å². The van der Waals surface area contributed by atoms with Gasteiger partial charge in [-0.1, -0.05) is 38.6 Å². The molecule has 0 bridgehead atoms. The van der Waals surface area contributed by atoms with Gasteiger partial charge in [0.05, 0.1) is 11.7 Å². The lowest BCUT2D eigenvalue weighted by molar-refractivity contribution is 0.243. The van der Waals surface area contributed by atoms with Gasteiger partial charge in [0.15, 0.2) is 0 Å². The first-order chi connectivity index (χ1) is 15.3. The molecule has 8 heteroatoms. The van der Waals surface area contributed by atoms with E-state index in [4.69, 9.17) is 15.9 Å². The van der Waals surface area contributed by atoms with Gasteiger partial charge in [-0.25, -0.2) is 13.2 Å². The number of nitrogens with two attached hydrogens (primary N) is 1. The van der Waals surface area contributed by atoms with Crippen molar-refractivity contribution in [2.24, 2.45) is 5.73 Å². The van der Waals surface area contributed by atoms with Crippen LogP contribution in [0.2, 0.25) is 0 Å². The molecule has 1 unspecified atom stereocenters. The summed E-state index contributed by atoms with van der Waals surface area (Å²) in [5.41, 5.74) is 5.56. The third-order valence-corrected chi connectivity index (χ3v) is 5.31. The molecular weight excluding hydrogens is 435 g/mol. The van der Waals surface area contributed by atoms with Gasteiger partial charge in [0, 0.05) is 23.6 Å². The van der Waals surface area contributed by atoms with Gasteiger partial charge in [-0.2, -0.15) is 0 Å². The molecule has 0 aliphatic carbocycles. The molecule has 0 spiro atoms. The number of fused-ring (bicyclic) bond motifs is 1. The van der Waals surface area contributed by atoms with Crippen LogP contribution in [0.15, 0.2) is 49.1 Å². The van der Waals surface area contributed by atoms with Crippen molar-refractivity contribution in [1.82, 2.24) is 5.32 Å². The van der Waals surface area contributed by atoms with E-state index in [9.17, 15) is 13.2 Å². The molecule has 0 radical (unpaired) electrons. The van der Waals surface area contributed by atoms with Crippen LogP contribution in [-0.2, 0) is 4.87 Å². The summed E-state index contributed by atoms with van der Waals surface area (Å²) in [4.78, 5) is -0.810. The highest BCUT2D eigenvalue weighted by Gasteiger charge is 2.39. The third-order valence-electron chi connectivity index (χ3n) is 3.89. The van der Waals surface area contributed by atoms with Gasteiger partial charge >= 0.3 is 0 Å². The Balaban J connectivity index is 0.00000106. The zero-order valence-corrected chi connectivity index (χ0v) is 20.2. The number of benzene rings is 2. The van der Waals surface area contributed by atoms with Crippen LogP contribution >= 0.6 is 11.8 Å². The van der Waals surface area contributed by atoms with E-state index >= 15 is 0 Å². The molecule has 3 rings (SSSR count). The molecule has 1 heterocycles. The second-order valence-electron chi connectivity index (χ2n) is 6.22. The van der Waals surface area contributed by atoms with E-state index in [2.05, 4.69) is 11.9 Å². The van der Waals surface area contributed by atoms with Crippen LogP contribution in [0, 0.1) is 22.9 Å². The molecule has 0 saturated heterocycles. The second-order valence-corrected chi connectivity index (χ2v) is 7.53. The van der Waals surface area contributed by atoms with Crippen LogP contribution in [-0.4, -0.2) is 25.2 Å². The van der Waals surface area contributed by atoms with Crippen LogP contribution in [0.3, 0.4) is 0 Å². The van der Waals surface area contributed by atoms with Gasteiger partial charge in [0.25, 0.3) is 0 Å². The topological polar surface area (TPSA) is 71.1 Å². The highest BCUT2D eigenvalue weighted by atomic mass is 32.2. The Morgan fingerprint density at radius 1 is 1.19 bits per heavy atom. The molecule has 0 fully saturated rings. The van der Waals surface area contributed by atoms with Crippen molar-refractivity contribution < 1.29 is 17.9 Å². The second kappa shape index (κ2) is 15.5. The van der Waals surface area contributed by atoms with Gasteiger partial charge in [0.1, 0.15) is 28.1 Å². The maximum Gasteiger partial charge on any atom is 0.126 e. The number of rotatable bonds is 3. The Kier molecular flexibility index (Phi) is 14.4. The van der Waals surface area contributed by atoms with Gasteiger partial charge in [0.2, 0.25) is 0 Å². The molecule has 4 N–H and O–H groups in total. The molecule has 0 aromatic heterocycles. The largest absolute Gasteiger partial charge is 0.493 e. The lowest BCUT2D eigenvalue weighted by Gasteiger charge is -2.38. The summed E-state index contributed by atoms with van der Waals surface area (Å²) in [5.74, 6) is -1.37. The first-order valence-corrected chi connectivity index (χ1v) is 11.2. The van der Waals surface area contributed by atoms with Crippen LogP contribution in [0.4, 0.5) is 13.2 Å². The predicted molar refractivity (Wildman–Crippen MR) is 130 cm³/mol. The maximum absolute atomic E-state index is 13.7. The maximum atomic E-state index is 13.7. The fraction of sp³-hybridized carbons (Fsp3) is 0.375. The van der Waals surface area contributed by atoms with Gasteiger partial charge in [-0.15, -0.1) is 6.58 Å². The quantitative estimate of drug-likeness (QED) is 0.217. The molecule has 0 saturated carbocycles. The smallest absolute Gasteiger partial charge is 0.126 e. The number of hydrogen-bond donors (Lipinski definition) is 3. The molecule has 2 aromatic carbocycles. The van der Waals surface area contributed by atoms with Gasteiger partial charge in [-0.3, -0.25) is 5.41 Å². The summed E-state index contributed by atoms with van der Waals surface area (Å²) in [5, 5.41) is 11.3. The lowest BCUT2D eigenvalue weighted by Crippen LogP contribution is -2.42. The first-order valence-electron chi connectivity index (χ1n) is 10.4. The summed E-state index contributed by atoms with van der Waals surface area (Å²) >= 11 is 1.08. The highest BCUT2D eigenvalue weighted by Crippen LogP contribution is 2.45. The zero-order valence-electron chi connectivity index (χ0n) is 19.4. The first kappa shape index (κ1) is 29.7. The van der Waals surface area contributed by atoms with Crippen molar-refractivity contribution in [3.8, 4) is 5.75 Å². The molecule has 0 amide bonds. The zero-order chi connectivity index (χ0) is 24.7. The van der Waals surface area contributed by atoms with E-state index in [-0.39, 0.29) is 10.6 Å². The average Bonchev–Trinajstić information content (AvgIpc) is 2.76. The Morgan fingerprint density at radius 2 is 1.72 bits per heavy atom. The van der Waals surface area contributed by atoms with E-state index in [1.54, 1.807) is 19.2 Å². The predicted octanol–water partition coefficient (Wildman–Crippen LogP) is 6.20. The van der Waals surface area contributed by atoms with E-state index in [0.717, 1.165) is 36.5 Å². The number of ether oxygens (including phenoxy) is 1. The summed E-state index contributed by atoms with van der Waals surface area (Å²) in [7, 11) is 1.70. The number of allylic oxidation sites excluding steroid dienone is 1. The average molecular weight is 470 g/mol. The lowest BCUT2D eigenvalue weighted by atomic mass is 10.00. The minimum atomic E-state index is -0.810. The number of hydrogen-bond acceptors (Lipinski definition) is 5. The molecule has 1 aliphatic rings. The van der Waals surface area contributed by atoms with Gasteiger partial charge < -0.3 is 15.8 Å². The highest BCUT2D eigenvalue weighted by molar-refractivity contribution is 8.15. The molecule has 1 atom stereocenters. The standard InChI is InChI=1S/C17H15F3N2OS.C3H6.C2H7N.C2H6/c1-22-17(4-5-23-15-3-2-11(18)9-14(15)17)24-16(21)10-6-12(19)8-13(20)7-10;1-3-2;1-2-3;1-2/h2-3,6-9,21-22H,4-5H2,1H3;3H,1H2,2H3;2-3H2,1H3;1-2H3. The van der Waals surface area contributed by atoms with Crippen LogP contribution in [0.1, 0.15) is 45.2 Å². The molecular formula is C24H34F3N3OS. The molecule has 32 heavy (non-hydrogen) atoms. The van der Waals surface area contributed by atoms with Crippen LogP contribution < -0.4 is 15.8 Å². The van der Waals surface area contributed by atoms with Gasteiger partial charge in [-0.05, 0) is 50.8 Å². The summed E-state index contributed by atoms with van der Waals surface area (Å²) in [6.45, 7) is 12.3. The van der Waals surface area contributed by atoms with Crippen molar-refractivity contribution in [2.75, 3.05) is 20.2 Å². The molecule has 4 nitrogen and oxygen atoms in total. The van der Waals surface area contributed by atoms with Crippen LogP contribution in [0.5, 0.6) is 5.75 Å². The minimum absolute atomic E-state index is 0.0140. The fourth-order valence-corrected chi connectivity index (χ4v) is 3.86. The monoisotopic (exact) mass is 469 g/mol. The SMILES string of the molecule is C=CC.CC.CCN.CNC1(SC(=N)c2cc(F)cc(F)c2)CCOc2ccc(F)cc21. The van der Waals surface area contributed by atoms with E-state index in [1.165, 1.54) is 12.1 Å². The molecule has 1 aliphatic heterocycles. The summed E-state index contributed by atoms with van der Waals surface area (Å²) in [6, 6.07) is 7.18. The Labute approximate surface area is 193 Å². The Morgan fingerprint density at radius 3 is 2.22 bits per heavy atom. The molecule has 178 valence electrons. The van der Waals surface area contributed by atoms with Crippen molar-refractivity contribution >= 4 is 16.8 Å². The van der Waals surface area contributed by atoms with Crippen molar-refractivity contribution in [3.63, 3.8) is 0 Å². The van der Waals surface area contributed by atoms with Crippen LogP contribution in [0.25, 0.3) is 0 Å². The third kappa shape index (κ3) is 8.68. The Hall–Kier alpha value is -2.29. The summed E-state index contributed by atoms with van der Waals surface area (Å²) < 4.78 is 46.1. The van der Waals surface area contributed by atoms with Crippen molar-refractivity contribution in [2.45, 2.75) is 39.0 Å². The van der Waals surface area contributed by atoms with Crippen molar-refractivity contribution in [3.05, 3.63) is 77.6 Å². The fourth-order valence-electron chi connectivity index (χ4n) is 2.72. The Bertz CT molecular complexity index is 844. The van der Waals surface area contributed by atoms with E-state index in [1.807, 2.05) is 27.7 Å². The molecule has 2 aromatic rings. The minimum Gasteiger partial charge on any atom is -0.493 e.